The summed E-state index contributed by atoms with van der Waals surface area (Å²) in [5.41, 5.74) is 2.47. The zero-order valence-electron chi connectivity index (χ0n) is 12.2. The van der Waals surface area contributed by atoms with Crippen molar-refractivity contribution >= 4 is 26.8 Å². The highest BCUT2D eigenvalue weighted by molar-refractivity contribution is 9.10. The third-order valence-corrected chi connectivity index (χ3v) is 5.92. The van der Waals surface area contributed by atoms with Gasteiger partial charge in [-0.25, -0.2) is 0 Å². The Labute approximate surface area is 133 Å². The van der Waals surface area contributed by atoms with E-state index in [1.165, 1.54) is 30.6 Å². The van der Waals surface area contributed by atoms with Gasteiger partial charge in [0.05, 0.1) is 5.52 Å². The van der Waals surface area contributed by atoms with Crippen LogP contribution < -0.4 is 5.32 Å². The molecule has 21 heavy (non-hydrogen) atoms. The zero-order chi connectivity index (χ0) is 14.4. The summed E-state index contributed by atoms with van der Waals surface area (Å²) in [5, 5.41) is 4.74. The maximum absolute atomic E-state index is 4.61. The van der Waals surface area contributed by atoms with E-state index in [9.17, 15) is 0 Å². The Balaban J connectivity index is 1.65. The number of pyridine rings is 1. The van der Waals surface area contributed by atoms with E-state index < -0.39 is 0 Å². The fourth-order valence-corrected chi connectivity index (χ4v) is 4.46. The Morgan fingerprint density at radius 3 is 3.10 bits per heavy atom. The van der Waals surface area contributed by atoms with Gasteiger partial charge in [0.2, 0.25) is 0 Å². The van der Waals surface area contributed by atoms with Gasteiger partial charge in [0.1, 0.15) is 0 Å². The van der Waals surface area contributed by atoms with E-state index >= 15 is 0 Å². The molecule has 2 aromatic rings. The molecule has 2 saturated heterocycles. The predicted octanol–water partition coefficient (Wildman–Crippen LogP) is 3.04. The van der Waals surface area contributed by atoms with E-state index in [0.717, 1.165) is 28.4 Å². The summed E-state index contributed by atoms with van der Waals surface area (Å²) in [6.07, 6.45) is 1.89. The molecule has 0 aliphatic carbocycles. The molecule has 3 unspecified atom stereocenters. The second-order valence-corrected chi connectivity index (χ2v) is 7.21. The molecule has 0 bridgehead atoms. The Bertz CT molecular complexity index is 672. The number of aromatic nitrogens is 1. The maximum atomic E-state index is 4.61. The van der Waals surface area contributed by atoms with Crippen molar-refractivity contribution in [3.63, 3.8) is 0 Å². The monoisotopic (exact) mass is 345 g/mol. The van der Waals surface area contributed by atoms with Crippen molar-refractivity contribution in [1.29, 1.82) is 0 Å². The second kappa shape index (κ2) is 5.34. The first kappa shape index (κ1) is 13.7. The van der Waals surface area contributed by atoms with Crippen molar-refractivity contribution in [1.82, 2.24) is 15.2 Å². The fraction of sp³-hybridized carbons (Fsp3) is 0.471. The number of nitrogens with one attached hydrogen (secondary N) is 1. The lowest BCUT2D eigenvalue weighted by Crippen LogP contribution is -2.32. The average molecular weight is 346 g/mol. The minimum absolute atomic E-state index is 0.660. The molecule has 0 radical (unpaired) electrons. The van der Waals surface area contributed by atoms with Gasteiger partial charge in [0, 0.05) is 35.2 Å². The largest absolute Gasteiger partial charge is 0.316 e. The third kappa shape index (κ3) is 2.30. The van der Waals surface area contributed by atoms with Crippen LogP contribution in [-0.2, 0) is 6.54 Å². The first-order valence-electron chi connectivity index (χ1n) is 7.71. The van der Waals surface area contributed by atoms with Crippen LogP contribution in [-0.4, -0.2) is 35.6 Å². The van der Waals surface area contributed by atoms with Crippen molar-refractivity contribution in [2.45, 2.75) is 19.5 Å². The molecule has 1 aromatic carbocycles. The number of nitrogens with zero attached hydrogens (tertiary/aromatic N) is 2. The van der Waals surface area contributed by atoms with E-state index in [2.05, 4.69) is 56.3 Å². The molecule has 2 aliphatic heterocycles. The van der Waals surface area contributed by atoms with Gasteiger partial charge in [-0.3, -0.25) is 9.88 Å². The molecule has 0 saturated carbocycles. The lowest BCUT2D eigenvalue weighted by molar-refractivity contribution is 0.232. The van der Waals surface area contributed by atoms with Crippen molar-refractivity contribution in [2.75, 3.05) is 19.6 Å². The van der Waals surface area contributed by atoms with Crippen LogP contribution >= 0.6 is 15.9 Å². The smallest absolute Gasteiger partial charge is 0.0758 e. The number of halogens is 1. The molecule has 0 spiro atoms. The van der Waals surface area contributed by atoms with E-state index in [-0.39, 0.29) is 0 Å². The Morgan fingerprint density at radius 1 is 1.33 bits per heavy atom. The zero-order valence-corrected chi connectivity index (χ0v) is 13.8. The normalized spacial score (nSPS) is 29.1. The standard InChI is InChI=1S/C17H20BrN3/c1-11-15-8-19-7-13(15)10-21(11)9-12-4-5-16(18)14-3-2-6-20-17(12)14/h2-6,11,13,15,19H,7-10H2,1H3. The van der Waals surface area contributed by atoms with Crippen LogP contribution in [0.1, 0.15) is 12.5 Å². The number of hydrogen-bond acceptors (Lipinski definition) is 3. The van der Waals surface area contributed by atoms with Crippen LogP contribution in [0.3, 0.4) is 0 Å². The van der Waals surface area contributed by atoms with Gasteiger partial charge < -0.3 is 5.32 Å². The number of hydrogen-bond donors (Lipinski definition) is 1. The van der Waals surface area contributed by atoms with Gasteiger partial charge in [0.25, 0.3) is 0 Å². The molecule has 1 aromatic heterocycles. The number of likely N-dealkylation sites (tertiary alicyclic amines) is 1. The lowest BCUT2D eigenvalue weighted by Gasteiger charge is -2.24. The Kier molecular flexibility index (Phi) is 3.48. The molecular formula is C17H20BrN3. The highest BCUT2D eigenvalue weighted by atomic mass is 79.9. The van der Waals surface area contributed by atoms with E-state index in [1.54, 1.807) is 0 Å². The van der Waals surface area contributed by atoms with Crippen LogP contribution in [0.25, 0.3) is 10.9 Å². The number of rotatable bonds is 2. The van der Waals surface area contributed by atoms with Gasteiger partial charge in [-0.2, -0.15) is 0 Å². The highest BCUT2D eigenvalue weighted by Gasteiger charge is 2.41. The first-order chi connectivity index (χ1) is 10.2. The van der Waals surface area contributed by atoms with Gasteiger partial charge in [-0.15, -0.1) is 0 Å². The molecule has 2 fully saturated rings. The van der Waals surface area contributed by atoms with Crippen LogP contribution in [0.15, 0.2) is 34.9 Å². The van der Waals surface area contributed by atoms with Gasteiger partial charge in [-0.05, 0) is 49.5 Å². The topological polar surface area (TPSA) is 28.2 Å². The molecule has 2 aliphatic rings. The molecule has 1 N–H and O–H groups in total. The van der Waals surface area contributed by atoms with E-state index in [0.29, 0.717) is 6.04 Å². The van der Waals surface area contributed by atoms with Crippen molar-refractivity contribution in [3.8, 4) is 0 Å². The summed E-state index contributed by atoms with van der Waals surface area (Å²) in [7, 11) is 0. The predicted molar refractivity (Wildman–Crippen MR) is 89.2 cm³/mol. The minimum Gasteiger partial charge on any atom is -0.316 e. The van der Waals surface area contributed by atoms with Crippen molar-refractivity contribution < 1.29 is 0 Å². The summed E-state index contributed by atoms with van der Waals surface area (Å²) < 4.78 is 1.13. The highest BCUT2D eigenvalue weighted by Crippen LogP contribution is 2.34. The molecule has 4 rings (SSSR count). The van der Waals surface area contributed by atoms with Gasteiger partial charge in [-0.1, -0.05) is 28.1 Å². The number of fused-ring (bicyclic) bond motifs is 2. The van der Waals surface area contributed by atoms with Gasteiger partial charge >= 0.3 is 0 Å². The molecule has 3 atom stereocenters. The lowest BCUT2D eigenvalue weighted by atomic mass is 9.95. The maximum Gasteiger partial charge on any atom is 0.0758 e. The van der Waals surface area contributed by atoms with Crippen LogP contribution in [0.4, 0.5) is 0 Å². The summed E-state index contributed by atoms with van der Waals surface area (Å²) in [4.78, 5) is 7.24. The third-order valence-electron chi connectivity index (χ3n) is 5.23. The van der Waals surface area contributed by atoms with E-state index in [4.69, 9.17) is 0 Å². The molecule has 3 nitrogen and oxygen atoms in total. The van der Waals surface area contributed by atoms with Crippen LogP contribution in [0.5, 0.6) is 0 Å². The molecule has 4 heteroatoms. The summed E-state index contributed by atoms with van der Waals surface area (Å²) in [5.74, 6) is 1.65. The first-order valence-corrected chi connectivity index (χ1v) is 8.50. The molecular weight excluding hydrogens is 326 g/mol. The Morgan fingerprint density at radius 2 is 2.24 bits per heavy atom. The summed E-state index contributed by atoms with van der Waals surface area (Å²) in [6.45, 7) is 6.97. The van der Waals surface area contributed by atoms with E-state index in [1.807, 2.05) is 12.3 Å². The van der Waals surface area contributed by atoms with Gasteiger partial charge in [0.15, 0.2) is 0 Å². The average Bonchev–Trinajstić information content (AvgIpc) is 3.07. The van der Waals surface area contributed by atoms with Crippen LogP contribution in [0.2, 0.25) is 0 Å². The Hall–Kier alpha value is -0.970. The molecule has 110 valence electrons. The quantitative estimate of drug-likeness (QED) is 0.906. The SMILES string of the molecule is CC1C2CNCC2CN1Cc1ccc(Br)c2cccnc12. The second-order valence-electron chi connectivity index (χ2n) is 6.36. The molecule has 0 amide bonds. The van der Waals surface area contributed by atoms with Crippen molar-refractivity contribution in [3.05, 3.63) is 40.5 Å². The number of benzene rings is 1. The summed E-state index contributed by atoms with van der Waals surface area (Å²) >= 11 is 3.63. The summed E-state index contributed by atoms with van der Waals surface area (Å²) in [6, 6.07) is 9.18. The molecule has 3 heterocycles. The van der Waals surface area contributed by atoms with Crippen molar-refractivity contribution in [2.24, 2.45) is 11.8 Å². The minimum atomic E-state index is 0.660. The fourth-order valence-electron chi connectivity index (χ4n) is 4.01. The van der Waals surface area contributed by atoms with Crippen LogP contribution in [0, 0.1) is 11.8 Å².